The van der Waals surface area contributed by atoms with Gasteiger partial charge in [0.2, 0.25) is 11.8 Å². The first kappa shape index (κ1) is 16.7. The van der Waals surface area contributed by atoms with E-state index in [4.69, 9.17) is 11.0 Å². The molecule has 5 heteroatoms. The Morgan fingerprint density at radius 3 is 2.16 bits per heavy atom. The van der Waals surface area contributed by atoms with Crippen LogP contribution in [0.1, 0.15) is 36.3 Å². The molecule has 0 fully saturated rings. The molecule has 126 valence electrons. The van der Waals surface area contributed by atoms with E-state index in [0.29, 0.717) is 19.3 Å². The van der Waals surface area contributed by atoms with E-state index in [1.807, 2.05) is 54.6 Å². The molecule has 3 N–H and O–H groups in total. The van der Waals surface area contributed by atoms with Crippen LogP contribution in [0.5, 0.6) is 0 Å². The van der Waals surface area contributed by atoms with E-state index in [2.05, 4.69) is 5.32 Å². The number of rotatable bonds is 6. The third kappa shape index (κ3) is 3.24. The summed E-state index contributed by atoms with van der Waals surface area (Å²) in [6.45, 7) is 0. The maximum absolute atomic E-state index is 12.9. The van der Waals surface area contributed by atoms with Crippen LogP contribution in [0.25, 0.3) is 11.1 Å². The minimum absolute atomic E-state index is 0.238. The normalized spacial score (nSPS) is 13.4. The average Bonchev–Trinajstić information content (AvgIpc) is 2.95. The van der Waals surface area contributed by atoms with Gasteiger partial charge in [0.15, 0.2) is 0 Å². The largest absolute Gasteiger partial charge is 0.368 e. The van der Waals surface area contributed by atoms with E-state index in [0.717, 1.165) is 22.3 Å². The van der Waals surface area contributed by atoms with Crippen molar-refractivity contribution >= 4 is 11.8 Å². The maximum atomic E-state index is 12.9. The maximum Gasteiger partial charge on any atom is 0.240 e. The Balaban J connectivity index is 1.87. The molecule has 2 aromatic carbocycles. The number of primary amides is 1. The van der Waals surface area contributed by atoms with Gasteiger partial charge in [-0.1, -0.05) is 48.5 Å². The second kappa shape index (κ2) is 7.18. The molecule has 2 aromatic rings. The van der Waals surface area contributed by atoms with Crippen molar-refractivity contribution in [2.45, 2.75) is 31.2 Å². The van der Waals surface area contributed by atoms with Gasteiger partial charge in [0.25, 0.3) is 0 Å². The van der Waals surface area contributed by atoms with Crippen molar-refractivity contribution in [2.24, 2.45) is 5.73 Å². The molecule has 0 aromatic heterocycles. The molecular formula is C20H19N3O2. The number of carbonyl (C=O) groups excluding carboxylic acids is 2. The van der Waals surface area contributed by atoms with Crippen molar-refractivity contribution in [3.05, 3.63) is 59.7 Å². The molecule has 25 heavy (non-hydrogen) atoms. The predicted octanol–water partition coefficient (Wildman–Crippen LogP) is 2.46. The third-order valence-corrected chi connectivity index (χ3v) is 4.54. The van der Waals surface area contributed by atoms with E-state index in [1.165, 1.54) is 0 Å². The zero-order valence-corrected chi connectivity index (χ0v) is 13.7. The lowest BCUT2D eigenvalue weighted by atomic mass is 9.95. The van der Waals surface area contributed by atoms with Gasteiger partial charge in [-0.2, -0.15) is 5.26 Å². The van der Waals surface area contributed by atoms with Gasteiger partial charge in [-0.25, -0.2) is 0 Å². The zero-order chi connectivity index (χ0) is 17.8. The monoisotopic (exact) mass is 333 g/mol. The number of nitrogens with one attached hydrogen (secondary N) is 1. The number of unbranched alkanes of at least 4 members (excludes halogenated alkanes) is 1. The number of fused-ring (bicyclic) bond motifs is 3. The summed E-state index contributed by atoms with van der Waals surface area (Å²) in [5.41, 5.74) is 9.36. The summed E-state index contributed by atoms with van der Waals surface area (Å²) >= 11 is 0. The zero-order valence-electron chi connectivity index (χ0n) is 13.7. The van der Waals surface area contributed by atoms with Gasteiger partial charge in [0.1, 0.15) is 6.04 Å². The minimum Gasteiger partial charge on any atom is -0.368 e. The summed E-state index contributed by atoms with van der Waals surface area (Å²) in [4.78, 5) is 24.6. The van der Waals surface area contributed by atoms with E-state index in [9.17, 15) is 9.59 Å². The quantitative estimate of drug-likeness (QED) is 0.795. The second-order valence-corrected chi connectivity index (χ2v) is 6.12. The number of benzene rings is 2. The molecule has 0 unspecified atom stereocenters. The Kier molecular flexibility index (Phi) is 4.80. The summed E-state index contributed by atoms with van der Waals surface area (Å²) in [6, 6.07) is 16.9. The number of hydrogen-bond donors (Lipinski definition) is 2. The van der Waals surface area contributed by atoms with Gasteiger partial charge in [-0.3, -0.25) is 9.59 Å². The van der Waals surface area contributed by atoms with Crippen LogP contribution in [0.3, 0.4) is 0 Å². The molecule has 0 saturated carbocycles. The first-order valence-corrected chi connectivity index (χ1v) is 8.28. The lowest BCUT2D eigenvalue weighted by molar-refractivity contribution is -0.127. The molecule has 0 saturated heterocycles. The van der Waals surface area contributed by atoms with Crippen LogP contribution < -0.4 is 11.1 Å². The van der Waals surface area contributed by atoms with E-state index in [-0.39, 0.29) is 5.91 Å². The Hall–Kier alpha value is -3.13. The standard InChI is InChI=1S/C20H19N3O2/c21-12-6-5-11-17(19(22)24)23-20(25)18-15-9-3-1-7-13(15)14-8-2-4-10-16(14)18/h1-4,7-10,17-18H,5-6,11H2,(H2,22,24)(H,23,25)/t17-/m1/s1. The van der Waals surface area contributed by atoms with Gasteiger partial charge in [0, 0.05) is 6.42 Å². The number of hydrogen-bond acceptors (Lipinski definition) is 3. The molecular weight excluding hydrogens is 314 g/mol. The van der Waals surface area contributed by atoms with Crippen LogP contribution in [0.15, 0.2) is 48.5 Å². The van der Waals surface area contributed by atoms with Crippen LogP contribution in [0, 0.1) is 11.3 Å². The van der Waals surface area contributed by atoms with Crippen LogP contribution in [-0.2, 0) is 9.59 Å². The second-order valence-electron chi connectivity index (χ2n) is 6.12. The molecule has 0 aliphatic heterocycles. The van der Waals surface area contributed by atoms with Gasteiger partial charge in [-0.15, -0.1) is 0 Å². The number of nitrogens with zero attached hydrogens (tertiary/aromatic N) is 1. The van der Waals surface area contributed by atoms with Crippen LogP contribution in [0.2, 0.25) is 0 Å². The average molecular weight is 333 g/mol. The summed E-state index contributed by atoms with van der Waals surface area (Å²) in [6.07, 6.45) is 1.21. The van der Waals surface area contributed by atoms with Crippen molar-refractivity contribution in [3.8, 4) is 17.2 Å². The van der Waals surface area contributed by atoms with Crippen molar-refractivity contribution < 1.29 is 9.59 Å². The fourth-order valence-electron chi connectivity index (χ4n) is 3.36. The summed E-state index contributed by atoms with van der Waals surface area (Å²) in [5.74, 6) is -1.27. The number of carbonyl (C=O) groups is 2. The topological polar surface area (TPSA) is 96.0 Å². The summed E-state index contributed by atoms with van der Waals surface area (Å²) in [5, 5.41) is 11.4. The number of nitriles is 1. The summed E-state index contributed by atoms with van der Waals surface area (Å²) in [7, 11) is 0. The molecule has 0 bridgehead atoms. The van der Waals surface area contributed by atoms with Crippen molar-refractivity contribution in [3.63, 3.8) is 0 Å². The number of nitrogens with two attached hydrogens (primary N) is 1. The SMILES string of the molecule is N#CCCC[C@@H](NC(=O)C1c2ccccc2-c2ccccc21)C(N)=O. The molecule has 3 rings (SSSR count). The number of amides is 2. The van der Waals surface area contributed by atoms with Crippen molar-refractivity contribution in [1.82, 2.24) is 5.32 Å². The Labute approximate surface area is 146 Å². The highest BCUT2D eigenvalue weighted by Crippen LogP contribution is 2.44. The van der Waals surface area contributed by atoms with Crippen LogP contribution in [-0.4, -0.2) is 17.9 Å². The Morgan fingerprint density at radius 2 is 1.64 bits per heavy atom. The first-order valence-electron chi connectivity index (χ1n) is 8.28. The van der Waals surface area contributed by atoms with Gasteiger partial charge >= 0.3 is 0 Å². The first-order chi connectivity index (χ1) is 12.1. The molecule has 0 radical (unpaired) electrons. The van der Waals surface area contributed by atoms with Crippen LogP contribution in [0.4, 0.5) is 0 Å². The lowest BCUT2D eigenvalue weighted by Crippen LogP contribution is -2.46. The Morgan fingerprint density at radius 1 is 1.08 bits per heavy atom. The predicted molar refractivity (Wildman–Crippen MR) is 94.3 cm³/mol. The molecule has 1 aliphatic carbocycles. The third-order valence-electron chi connectivity index (χ3n) is 4.54. The molecule has 1 atom stereocenters. The van der Waals surface area contributed by atoms with Crippen molar-refractivity contribution in [1.29, 1.82) is 5.26 Å². The molecule has 0 spiro atoms. The fraction of sp³-hybridized carbons (Fsp3) is 0.250. The highest BCUT2D eigenvalue weighted by molar-refractivity contribution is 5.98. The summed E-state index contributed by atoms with van der Waals surface area (Å²) < 4.78 is 0. The Bertz CT molecular complexity index is 809. The lowest BCUT2D eigenvalue weighted by Gasteiger charge is -2.19. The fourth-order valence-corrected chi connectivity index (χ4v) is 3.36. The van der Waals surface area contributed by atoms with Gasteiger partial charge in [-0.05, 0) is 35.1 Å². The van der Waals surface area contributed by atoms with Gasteiger partial charge in [0.05, 0.1) is 12.0 Å². The van der Waals surface area contributed by atoms with E-state index >= 15 is 0 Å². The molecule has 1 aliphatic rings. The highest BCUT2D eigenvalue weighted by Gasteiger charge is 2.34. The van der Waals surface area contributed by atoms with E-state index in [1.54, 1.807) is 0 Å². The molecule has 0 heterocycles. The smallest absolute Gasteiger partial charge is 0.240 e. The van der Waals surface area contributed by atoms with Crippen molar-refractivity contribution in [2.75, 3.05) is 0 Å². The van der Waals surface area contributed by atoms with Crippen LogP contribution >= 0.6 is 0 Å². The molecule has 2 amide bonds. The van der Waals surface area contributed by atoms with E-state index < -0.39 is 17.9 Å². The molecule has 5 nitrogen and oxygen atoms in total. The minimum atomic E-state index is -0.763. The highest BCUT2D eigenvalue weighted by atomic mass is 16.2. The van der Waals surface area contributed by atoms with Gasteiger partial charge < -0.3 is 11.1 Å².